The second-order valence-electron chi connectivity index (χ2n) is 6.76. The molecule has 7 nitrogen and oxygen atoms in total. The normalized spacial score (nSPS) is 10.6. The molecule has 31 heavy (non-hydrogen) atoms. The van der Waals surface area contributed by atoms with Crippen molar-refractivity contribution in [1.29, 1.82) is 0 Å². The molecule has 2 N–H and O–H groups in total. The van der Waals surface area contributed by atoms with Crippen LogP contribution in [0.1, 0.15) is 0 Å². The van der Waals surface area contributed by atoms with Crippen LogP contribution in [0.25, 0.3) is 22.1 Å². The predicted octanol–water partition coefficient (Wildman–Crippen LogP) is 4.19. The molecule has 1 amide bonds. The molecule has 1 aromatic heterocycles. The summed E-state index contributed by atoms with van der Waals surface area (Å²) in [6.07, 6.45) is 0. The van der Waals surface area contributed by atoms with E-state index in [1.54, 1.807) is 67.8 Å². The van der Waals surface area contributed by atoms with Crippen molar-refractivity contribution in [3.05, 3.63) is 83.2 Å². The number of carbonyl (C=O) groups is 1. The molecular weight excluding hydrogens is 398 g/mol. The first-order chi connectivity index (χ1) is 15.0. The summed E-state index contributed by atoms with van der Waals surface area (Å²) in [6.45, 7) is -0.201. The number of benzene rings is 3. The summed E-state index contributed by atoms with van der Waals surface area (Å²) in [5.74, 6) is 0.839. The average Bonchev–Trinajstić information content (AvgIpc) is 2.77. The van der Waals surface area contributed by atoms with Gasteiger partial charge in [0.1, 0.15) is 22.8 Å². The first-order valence-corrected chi connectivity index (χ1v) is 9.46. The van der Waals surface area contributed by atoms with Gasteiger partial charge < -0.3 is 24.3 Å². The first kappa shape index (κ1) is 20.0. The lowest BCUT2D eigenvalue weighted by molar-refractivity contribution is -0.118. The fraction of sp³-hybridized carbons (Fsp3) is 0.0833. The summed E-state index contributed by atoms with van der Waals surface area (Å²) in [6, 6.07) is 20.0. The highest BCUT2D eigenvalue weighted by Crippen LogP contribution is 2.26. The van der Waals surface area contributed by atoms with Gasteiger partial charge >= 0.3 is 5.63 Å². The first-order valence-electron chi connectivity index (χ1n) is 9.46. The number of amides is 1. The SMILES string of the molecule is COc1ccc2oc(=O)c(-c3ccc(OCC(=O)Nc4cccc(O)c4)cc3)cc2c1. The number of hydrogen-bond acceptors (Lipinski definition) is 6. The number of hydrogen-bond donors (Lipinski definition) is 2. The van der Waals surface area contributed by atoms with E-state index in [2.05, 4.69) is 5.32 Å². The summed E-state index contributed by atoms with van der Waals surface area (Å²) >= 11 is 0. The molecule has 0 atom stereocenters. The highest BCUT2D eigenvalue weighted by atomic mass is 16.5. The van der Waals surface area contributed by atoms with Crippen molar-refractivity contribution in [2.75, 3.05) is 19.0 Å². The molecule has 0 saturated carbocycles. The van der Waals surface area contributed by atoms with Crippen LogP contribution in [0.5, 0.6) is 17.2 Å². The van der Waals surface area contributed by atoms with Crippen LogP contribution in [0.4, 0.5) is 5.69 Å². The average molecular weight is 417 g/mol. The molecule has 4 rings (SSSR count). The Kier molecular flexibility index (Phi) is 5.57. The summed E-state index contributed by atoms with van der Waals surface area (Å²) in [4.78, 5) is 24.4. The molecule has 156 valence electrons. The number of phenols is 1. The molecule has 0 spiro atoms. The molecule has 3 aromatic carbocycles. The molecule has 0 bridgehead atoms. The highest BCUT2D eigenvalue weighted by Gasteiger charge is 2.10. The minimum absolute atomic E-state index is 0.0610. The summed E-state index contributed by atoms with van der Waals surface area (Å²) in [7, 11) is 1.57. The maximum atomic E-state index is 12.4. The van der Waals surface area contributed by atoms with E-state index in [1.165, 1.54) is 12.1 Å². The molecule has 0 radical (unpaired) electrons. The molecule has 0 aliphatic rings. The fourth-order valence-electron chi connectivity index (χ4n) is 3.09. The van der Waals surface area contributed by atoms with Crippen LogP contribution in [0.15, 0.2) is 82.0 Å². The van der Waals surface area contributed by atoms with Gasteiger partial charge in [-0.1, -0.05) is 18.2 Å². The van der Waals surface area contributed by atoms with Crippen LogP contribution < -0.4 is 20.4 Å². The van der Waals surface area contributed by atoms with Gasteiger partial charge in [0.15, 0.2) is 6.61 Å². The van der Waals surface area contributed by atoms with Crippen molar-refractivity contribution in [2.45, 2.75) is 0 Å². The van der Waals surface area contributed by atoms with Crippen molar-refractivity contribution in [3.63, 3.8) is 0 Å². The molecule has 0 aliphatic heterocycles. The van der Waals surface area contributed by atoms with Crippen LogP contribution in [0, 0.1) is 0 Å². The van der Waals surface area contributed by atoms with E-state index < -0.39 is 5.63 Å². The predicted molar refractivity (Wildman–Crippen MR) is 117 cm³/mol. The van der Waals surface area contributed by atoms with Gasteiger partial charge in [-0.3, -0.25) is 4.79 Å². The Morgan fingerprint density at radius 3 is 2.52 bits per heavy atom. The van der Waals surface area contributed by atoms with Crippen LogP contribution in [-0.4, -0.2) is 24.7 Å². The van der Waals surface area contributed by atoms with E-state index >= 15 is 0 Å². The van der Waals surface area contributed by atoms with Crippen molar-refractivity contribution >= 4 is 22.6 Å². The zero-order valence-electron chi connectivity index (χ0n) is 16.6. The molecule has 0 unspecified atom stereocenters. The minimum atomic E-state index is -0.447. The van der Waals surface area contributed by atoms with Gasteiger partial charge in [0.05, 0.1) is 12.7 Å². The third kappa shape index (κ3) is 4.67. The Labute approximate surface area is 177 Å². The number of anilines is 1. The Hall–Kier alpha value is -4.26. The summed E-state index contributed by atoms with van der Waals surface area (Å²) < 4.78 is 16.1. The molecule has 0 aliphatic carbocycles. The van der Waals surface area contributed by atoms with Crippen molar-refractivity contribution in [3.8, 4) is 28.4 Å². The number of ether oxygens (including phenoxy) is 2. The molecular formula is C24H19NO6. The van der Waals surface area contributed by atoms with E-state index in [0.29, 0.717) is 33.9 Å². The van der Waals surface area contributed by atoms with Gasteiger partial charge in [-0.25, -0.2) is 4.79 Å². The van der Waals surface area contributed by atoms with E-state index in [0.717, 1.165) is 5.39 Å². The van der Waals surface area contributed by atoms with Crippen molar-refractivity contribution in [2.24, 2.45) is 0 Å². The smallest absolute Gasteiger partial charge is 0.344 e. The van der Waals surface area contributed by atoms with E-state index in [-0.39, 0.29) is 18.3 Å². The Bertz CT molecular complexity index is 1290. The van der Waals surface area contributed by atoms with Crippen LogP contribution in [-0.2, 0) is 4.79 Å². The van der Waals surface area contributed by atoms with Gasteiger partial charge in [-0.05, 0) is 54.1 Å². The summed E-state index contributed by atoms with van der Waals surface area (Å²) in [5, 5.41) is 12.8. The van der Waals surface area contributed by atoms with Gasteiger partial charge in [-0.2, -0.15) is 0 Å². The maximum Gasteiger partial charge on any atom is 0.344 e. The Balaban J connectivity index is 1.46. The number of phenolic OH excluding ortho intramolecular Hbond substituents is 1. The standard InChI is InChI=1S/C24H19NO6/c1-29-20-9-10-22-16(11-20)12-21(24(28)31-22)15-5-7-19(8-6-15)30-14-23(27)25-17-3-2-4-18(26)13-17/h2-13,26H,14H2,1H3,(H,25,27). The van der Waals surface area contributed by atoms with Crippen molar-refractivity contribution < 1.29 is 23.8 Å². The van der Waals surface area contributed by atoms with Gasteiger partial charge in [0, 0.05) is 17.1 Å². The molecule has 4 aromatic rings. The number of carbonyl (C=O) groups excluding carboxylic acids is 1. The number of nitrogens with one attached hydrogen (secondary N) is 1. The number of methoxy groups -OCH3 is 1. The quantitative estimate of drug-likeness (QED) is 0.457. The van der Waals surface area contributed by atoms with Gasteiger partial charge in [0.2, 0.25) is 0 Å². The maximum absolute atomic E-state index is 12.4. The van der Waals surface area contributed by atoms with E-state index in [4.69, 9.17) is 13.9 Å². The minimum Gasteiger partial charge on any atom is -0.508 e. The number of fused-ring (bicyclic) bond motifs is 1. The third-order valence-corrected chi connectivity index (χ3v) is 4.60. The zero-order valence-corrected chi connectivity index (χ0v) is 16.6. The Morgan fingerprint density at radius 2 is 1.77 bits per heavy atom. The topological polar surface area (TPSA) is 98.0 Å². The van der Waals surface area contributed by atoms with Crippen LogP contribution >= 0.6 is 0 Å². The molecule has 0 fully saturated rings. The van der Waals surface area contributed by atoms with Gasteiger partial charge in [-0.15, -0.1) is 0 Å². The fourth-order valence-corrected chi connectivity index (χ4v) is 3.09. The van der Waals surface area contributed by atoms with Gasteiger partial charge in [0.25, 0.3) is 5.91 Å². The molecule has 0 saturated heterocycles. The molecule has 7 heteroatoms. The van der Waals surface area contributed by atoms with Crippen LogP contribution in [0.2, 0.25) is 0 Å². The number of aromatic hydroxyl groups is 1. The second-order valence-corrected chi connectivity index (χ2v) is 6.76. The lowest BCUT2D eigenvalue weighted by atomic mass is 10.1. The van der Waals surface area contributed by atoms with E-state index in [1.807, 2.05) is 0 Å². The number of rotatable bonds is 6. The summed E-state index contributed by atoms with van der Waals surface area (Å²) in [5.41, 5.74) is 1.58. The zero-order chi connectivity index (χ0) is 21.8. The Morgan fingerprint density at radius 1 is 1.00 bits per heavy atom. The lowest BCUT2D eigenvalue weighted by Gasteiger charge is -2.09. The van der Waals surface area contributed by atoms with Crippen molar-refractivity contribution in [1.82, 2.24) is 0 Å². The molecule has 1 heterocycles. The van der Waals surface area contributed by atoms with E-state index in [9.17, 15) is 14.7 Å². The van der Waals surface area contributed by atoms with Crippen LogP contribution in [0.3, 0.4) is 0 Å². The largest absolute Gasteiger partial charge is 0.508 e. The second kappa shape index (κ2) is 8.62. The monoisotopic (exact) mass is 417 g/mol. The lowest BCUT2D eigenvalue weighted by Crippen LogP contribution is -2.20. The highest BCUT2D eigenvalue weighted by molar-refractivity contribution is 5.92. The third-order valence-electron chi connectivity index (χ3n) is 4.60.